The number of aromatic nitrogens is 4. The van der Waals surface area contributed by atoms with Crippen molar-refractivity contribution >= 4 is 34.2 Å². The monoisotopic (exact) mass is 435 g/mol. The van der Waals surface area contributed by atoms with Crippen LogP contribution in [0.15, 0.2) is 48.8 Å². The number of rotatable bonds is 6. The number of amides is 1. The third-order valence-corrected chi connectivity index (χ3v) is 5.20. The molecule has 31 heavy (non-hydrogen) atoms. The number of hydrogen-bond donors (Lipinski definition) is 3. The molecule has 4 rings (SSSR count). The van der Waals surface area contributed by atoms with E-state index < -0.39 is 0 Å². The number of nitrogen functional groups attached to an aromatic ring is 1. The summed E-state index contributed by atoms with van der Waals surface area (Å²) in [4.78, 5) is 21.3. The van der Waals surface area contributed by atoms with Crippen molar-refractivity contribution in [3.8, 4) is 0 Å². The summed E-state index contributed by atoms with van der Waals surface area (Å²) >= 11 is 6.05. The van der Waals surface area contributed by atoms with Gasteiger partial charge >= 0.3 is 0 Å². The minimum absolute atomic E-state index is 0.162. The molecule has 158 valence electrons. The van der Waals surface area contributed by atoms with Gasteiger partial charge in [0, 0.05) is 36.6 Å². The van der Waals surface area contributed by atoms with Crippen LogP contribution in [0.5, 0.6) is 0 Å². The minimum Gasteiger partial charge on any atom is -0.384 e. The van der Waals surface area contributed by atoms with Crippen molar-refractivity contribution in [2.45, 2.75) is 26.6 Å². The van der Waals surface area contributed by atoms with Gasteiger partial charge in [-0.05, 0) is 42.3 Å². The number of aryl methyl sites for hydroxylation is 1. The maximum absolute atomic E-state index is 12.8. The molecule has 0 unspecified atom stereocenters. The number of anilines is 1. The van der Waals surface area contributed by atoms with E-state index in [0.717, 1.165) is 27.7 Å². The molecule has 0 fully saturated rings. The lowest BCUT2D eigenvalue weighted by Gasteiger charge is -2.08. The zero-order valence-corrected chi connectivity index (χ0v) is 17.7. The number of nitrogens with two attached hydrogens (primary N) is 2. The molecule has 1 amide bonds. The molecular formula is C22H22ClN7O. The summed E-state index contributed by atoms with van der Waals surface area (Å²) in [7, 11) is 0. The molecule has 0 saturated carbocycles. The van der Waals surface area contributed by atoms with Gasteiger partial charge in [0.1, 0.15) is 5.82 Å². The van der Waals surface area contributed by atoms with E-state index in [-0.39, 0.29) is 12.5 Å². The highest BCUT2D eigenvalue weighted by Crippen LogP contribution is 2.19. The van der Waals surface area contributed by atoms with Crippen molar-refractivity contribution in [3.63, 3.8) is 0 Å². The number of carbonyl (C=O) groups excluding carboxylic acids is 1. The molecule has 3 aromatic heterocycles. The van der Waals surface area contributed by atoms with Gasteiger partial charge in [0.05, 0.1) is 28.3 Å². The Bertz CT molecular complexity index is 1270. The molecule has 3 heterocycles. The van der Waals surface area contributed by atoms with Crippen LogP contribution in [0.4, 0.5) is 5.82 Å². The van der Waals surface area contributed by atoms with E-state index in [0.29, 0.717) is 35.2 Å². The zero-order valence-electron chi connectivity index (χ0n) is 17.0. The molecule has 0 aliphatic carbocycles. The van der Waals surface area contributed by atoms with E-state index in [1.54, 1.807) is 23.1 Å². The van der Waals surface area contributed by atoms with Gasteiger partial charge in [-0.3, -0.25) is 14.5 Å². The van der Waals surface area contributed by atoms with E-state index in [1.165, 1.54) is 0 Å². The van der Waals surface area contributed by atoms with Crippen molar-refractivity contribution in [1.82, 2.24) is 25.1 Å². The molecule has 0 aliphatic heterocycles. The van der Waals surface area contributed by atoms with Crippen LogP contribution in [0.2, 0.25) is 5.02 Å². The molecule has 8 nitrogen and oxygen atoms in total. The van der Waals surface area contributed by atoms with Gasteiger partial charge in [-0.1, -0.05) is 23.7 Å². The third-order valence-electron chi connectivity index (χ3n) is 4.99. The lowest BCUT2D eigenvalue weighted by Crippen LogP contribution is -2.24. The number of halogens is 1. The number of pyridine rings is 2. The number of fused-ring (bicyclic) bond motifs is 1. The Morgan fingerprint density at radius 1 is 1.23 bits per heavy atom. The van der Waals surface area contributed by atoms with Crippen molar-refractivity contribution in [2.24, 2.45) is 5.73 Å². The Hall–Kier alpha value is -3.49. The summed E-state index contributed by atoms with van der Waals surface area (Å²) in [5.41, 5.74) is 16.1. The lowest BCUT2D eigenvalue weighted by atomic mass is 10.1. The van der Waals surface area contributed by atoms with Gasteiger partial charge in [0.15, 0.2) is 0 Å². The standard InChI is InChI=1S/C22H22ClN7O/c1-13-15(3-5-21(25)28-13)9-27-22(31)18-12-30(29-20(18)8-24)11-14-2-4-19-16(6-14)7-17(23)10-26-19/h2-7,10,12H,8-9,11,24H2,1H3,(H2,25,28)(H,27,31). The number of hydrogen-bond acceptors (Lipinski definition) is 6. The minimum atomic E-state index is -0.239. The summed E-state index contributed by atoms with van der Waals surface area (Å²) in [6.07, 6.45) is 3.34. The Labute approximate surface area is 184 Å². The molecule has 5 N–H and O–H groups in total. The lowest BCUT2D eigenvalue weighted by molar-refractivity contribution is 0.0950. The Kier molecular flexibility index (Phi) is 5.83. The van der Waals surface area contributed by atoms with E-state index in [2.05, 4.69) is 20.4 Å². The maximum atomic E-state index is 12.8. The van der Waals surface area contributed by atoms with E-state index in [9.17, 15) is 4.79 Å². The number of nitrogens with one attached hydrogen (secondary N) is 1. The second-order valence-corrected chi connectivity index (χ2v) is 7.67. The second-order valence-electron chi connectivity index (χ2n) is 7.24. The largest absolute Gasteiger partial charge is 0.384 e. The van der Waals surface area contributed by atoms with Crippen LogP contribution < -0.4 is 16.8 Å². The van der Waals surface area contributed by atoms with Crippen LogP contribution in [0.1, 0.15) is 32.9 Å². The van der Waals surface area contributed by atoms with Crippen LogP contribution in [-0.2, 0) is 19.6 Å². The highest BCUT2D eigenvalue weighted by atomic mass is 35.5. The van der Waals surface area contributed by atoms with E-state index in [4.69, 9.17) is 23.1 Å². The fourth-order valence-electron chi connectivity index (χ4n) is 3.39. The van der Waals surface area contributed by atoms with Crippen molar-refractivity contribution in [1.29, 1.82) is 0 Å². The predicted molar refractivity (Wildman–Crippen MR) is 121 cm³/mol. The second kappa shape index (κ2) is 8.71. The quantitative estimate of drug-likeness (QED) is 0.427. The first-order valence-corrected chi connectivity index (χ1v) is 10.1. The van der Waals surface area contributed by atoms with Gasteiger partial charge in [-0.15, -0.1) is 0 Å². The maximum Gasteiger partial charge on any atom is 0.255 e. The van der Waals surface area contributed by atoms with Crippen molar-refractivity contribution in [2.75, 3.05) is 5.73 Å². The molecule has 0 aliphatic rings. The van der Waals surface area contributed by atoms with Gasteiger partial charge in [-0.2, -0.15) is 5.10 Å². The Morgan fingerprint density at radius 2 is 2.06 bits per heavy atom. The molecule has 0 spiro atoms. The third kappa shape index (κ3) is 4.65. The van der Waals surface area contributed by atoms with E-state index in [1.807, 2.05) is 37.3 Å². The summed E-state index contributed by atoms with van der Waals surface area (Å²) in [5, 5.41) is 8.92. The highest BCUT2D eigenvalue weighted by Gasteiger charge is 2.16. The van der Waals surface area contributed by atoms with Gasteiger partial charge in [0.2, 0.25) is 0 Å². The van der Waals surface area contributed by atoms with Crippen molar-refractivity contribution in [3.05, 3.63) is 81.9 Å². The summed E-state index contributed by atoms with van der Waals surface area (Å²) in [5.74, 6) is 0.212. The Morgan fingerprint density at radius 3 is 2.84 bits per heavy atom. The van der Waals surface area contributed by atoms with Gasteiger partial charge in [0.25, 0.3) is 5.91 Å². The average molecular weight is 436 g/mol. The molecule has 0 radical (unpaired) electrons. The average Bonchev–Trinajstić information content (AvgIpc) is 3.15. The topological polar surface area (TPSA) is 125 Å². The number of carbonyl (C=O) groups is 1. The first kappa shape index (κ1) is 20.8. The molecule has 4 aromatic rings. The number of benzene rings is 1. The van der Waals surface area contributed by atoms with Crippen LogP contribution in [0, 0.1) is 6.92 Å². The van der Waals surface area contributed by atoms with Crippen LogP contribution in [0.25, 0.3) is 10.9 Å². The summed E-state index contributed by atoms with van der Waals surface area (Å²) in [6.45, 7) is 2.85. The van der Waals surface area contributed by atoms with Crippen molar-refractivity contribution < 1.29 is 4.79 Å². The molecule has 1 aromatic carbocycles. The van der Waals surface area contributed by atoms with Crippen LogP contribution >= 0.6 is 11.6 Å². The first-order valence-electron chi connectivity index (χ1n) is 9.73. The normalized spacial score (nSPS) is 11.1. The predicted octanol–water partition coefficient (Wildman–Crippen LogP) is 2.81. The molecule has 0 saturated heterocycles. The Balaban J connectivity index is 1.51. The highest BCUT2D eigenvalue weighted by molar-refractivity contribution is 6.31. The summed E-state index contributed by atoms with van der Waals surface area (Å²) in [6, 6.07) is 11.4. The molecular weight excluding hydrogens is 414 g/mol. The molecule has 0 bridgehead atoms. The number of nitrogens with zero attached hydrogens (tertiary/aromatic N) is 4. The fraction of sp³-hybridized carbons (Fsp3) is 0.182. The van der Waals surface area contributed by atoms with Crippen LogP contribution in [-0.4, -0.2) is 25.7 Å². The molecule has 0 atom stereocenters. The van der Waals surface area contributed by atoms with E-state index >= 15 is 0 Å². The van der Waals surface area contributed by atoms with Gasteiger partial charge in [-0.25, -0.2) is 4.98 Å². The SMILES string of the molecule is Cc1nc(N)ccc1CNC(=O)c1cn(Cc2ccc3ncc(Cl)cc3c2)nc1CN. The van der Waals surface area contributed by atoms with Crippen LogP contribution in [0.3, 0.4) is 0 Å². The zero-order chi connectivity index (χ0) is 22.0. The summed E-state index contributed by atoms with van der Waals surface area (Å²) < 4.78 is 1.71. The fourth-order valence-corrected chi connectivity index (χ4v) is 3.56. The molecule has 9 heteroatoms. The van der Waals surface area contributed by atoms with Gasteiger partial charge < -0.3 is 16.8 Å². The first-order chi connectivity index (χ1) is 14.9. The smallest absolute Gasteiger partial charge is 0.255 e.